The van der Waals surface area contributed by atoms with E-state index >= 15 is 0 Å². The lowest BCUT2D eigenvalue weighted by atomic mass is 10.0. The molecule has 0 heterocycles. The standard InChI is InChI=1S/C6H10O4/c1-3(6(9)10)5(8)4(2)7/h3,5,7-8H,2H2,1H3,(H,9,10)/t3-,5-/m0/s1. The van der Waals surface area contributed by atoms with Gasteiger partial charge < -0.3 is 15.3 Å². The van der Waals surface area contributed by atoms with Crippen LogP contribution in [-0.4, -0.2) is 27.4 Å². The molecule has 0 unspecified atom stereocenters. The quantitative estimate of drug-likeness (QED) is 0.495. The number of hydrogen-bond donors (Lipinski definition) is 3. The van der Waals surface area contributed by atoms with Gasteiger partial charge in [-0.05, 0) is 6.92 Å². The molecule has 0 aliphatic rings. The Kier molecular flexibility index (Phi) is 2.89. The number of aliphatic hydroxyl groups is 2. The lowest BCUT2D eigenvalue weighted by molar-refractivity contribution is -0.144. The molecular formula is C6H10O4. The molecule has 10 heavy (non-hydrogen) atoms. The number of carboxylic acids is 1. The van der Waals surface area contributed by atoms with Gasteiger partial charge in [0, 0.05) is 0 Å². The maximum absolute atomic E-state index is 10.1. The summed E-state index contributed by atoms with van der Waals surface area (Å²) in [5.74, 6) is -2.70. The first-order valence-electron chi connectivity index (χ1n) is 2.75. The summed E-state index contributed by atoms with van der Waals surface area (Å²) in [5.41, 5.74) is 0. The minimum Gasteiger partial charge on any atom is -0.510 e. The molecule has 3 N–H and O–H groups in total. The van der Waals surface area contributed by atoms with E-state index < -0.39 is 23.8 Å². The molecule has 0 saturated heterocycles. The van der Waals surface area contributed by atoms with Crippen molar-refractivity contribution in [3.63, 3.8) is 0 Å². The van der Waals surface area contributed by atoms with Gasteiger partial charge in [0.05, 0.1) is 5.92 Å². The third-order valence-electron chi connectivity index (χ3n) is 1.20. The molecule has 0 aliphatic carbocycles. The van der Waals surface area contributed by atoms with Crippen molar-refractivity contribution in [3.05, 3.63) is 12.3 Å². The summed E-state index contributed by atoms with van der Waals surface area (Å²) >= 11 is 0. The smallest absolute Gasteiger partial charge is 0.309 e. The zero-order valence-corrected chi connectivity index (χ0v) is 5.61. The van der Waals surface area contributed by atoms with E-state index in [1.807, 2.05) is 0 Å². The number of aliphatic hydroxyl groups excluding tert-OH is 2. The van der Waals surface area contributed by atoms with Crippen molar-refractivity contribution < 1.29 is 20.1 Å². The van der Waals surface area contributed by atoms with Crippen molar-refractivity contribution in [1.82, 2.24) is 0 Å². The van der Waals surface area contributed by atoms with Crippen LogP contribution in [0.1, 0.15) is 6.92 Å². The Labute approximate surface area is 58.4 Å². The first-order chi connectivity index (χ1) is 4.46. The Hall–Kier alpha value is -1.03. The highest BCUT2D eigenvalue weighted by Gasteiger charge is 2.23. The number of hydrogen-bond acceptors (Lipinski definition) is 3. The number of rotatable bonds is 3. The van der Waals surface area contributed by atoms with E-state index in [2.05, 4.69) is 6.58 Å². The molecule has 0 bridgehead atoms. The maximum atomic E-state index is 10.1. The van der Waals surface area contributed by atoms with Gasteiger partial charge in [0.15, 0.2) is 0 Å². The SMILES string of the molecule is C=C(O)[C@@H](O)[C@H](C)C(=O)O. The summed E-state index contributed by atoms with van der Waals surface area (Å²) in [7, 11) is 0. The summed E-state index contributed by atoms with van der Waals surface area (Å²) < 4.78 is 0. The monoisotopic (exact) mass is 146 g/mol. The highest BCUT2D eigenvalue weighted by molar-refractivity contribution is 5.70. The Bertz CT molecular complexity index is 134. The van der Waals surface area contributed by atoms with Gasteiger partial charge in [-0.3, -0.25) is 4.79 Å². The fourth-order valence-electron chi connectivity index (χ4n) is 0.424. The second-order valence-electron chi connectivity index (χ2n) is 2.06. The van der Waals surface area contributed by atoms with Gasteiger partial charge in [0.25, 0.3) is 0 Å². The third-order valence-corrected chi connectivity index (χ3v) is 1.20. The van der Waals surface area contributed by atoms with Crippen LogP contribution in [0.15, 0.2) is 12.3 Å². The molecule has 0 aromatic heterocycles. The third kappa shape index (κ3) is 2.06. The molecule has 0 aromatic carbocycles. The predicted octanol–water partition coefficient (Wildman–Crippen LogP) is 0.140. The van der Waals surface area contributed by atoms with Gasteiger partial charge in [-0.1, -0.05) is 6.58 Å². The van der Waals surface area contributed by atoms with Crippen molar-refractivity contribution in [2.24, 2.45) is 5.92 Å². The van der Waals surface area contributed by atoms with Gasteiger partial charge >= 0.3 is 5.97 Å². The fraction of sp³-hybridized carbons (Fsp3) is 0.500. The Morgan fingerprint density at radius 1 is 1.50 bits per heavy atom. The molecule has 0 rings (SSSR count). The molecule has 0 spiro atoms. The summed E-state index contributed by atoms with van der Waals surface area (Å²) in [6, 6.07) is 0. The molecule has 4 heteroatoms. The average Bonchev–Trinajstić information content (AvgIpc) is 1.84. The maximum Gasteiger partial charge on any atom is 0.309 e. The first-order valence-corrected chi connectivity index (χ1v) is 2.75. The molecule has 58 valence electrons. The van der Waals surface area contributed by atoms with Crippen molar-refractivity contribution in [2.45, 2.75) is 13.0 Å². The molecule has 2 atom stereocenters. The van der Waals surface area contributed by atoms with E-state index in [0.717, 1.165) is 0 Å². The van der Waals surface area contributed by atoms with Crippen molar-refractivity contribution >= 4 is 5.97 Å². The van der Waals surface area contributed by atoms with E-state index in [4.69, 9.17) is 15.3 Å². The minimum atomic E-state index is -1.38. The van der Waals surface area contributed by atoms with Crippen molar-refractivity contribution in [1.29, 1.82) is 0 Å². The Morgan fingerprint density at radius 2 is 1.90 bits per heavy atom. The van der Waals surface area contributed by atoms with Gasteiger partial charge in [-0.25, -0.2) is 0 Å². The Balaban J connectivity index is 4.07. The van der Waals surface area contributed by atoms with Crippen LogP contribution in [0.4, 0.5) is 0 Å². The Morgan fingerprint density at radius 3 is 2.00 bits per heavy atom. The molecule has 0 aliphatic heterocycles. The van der Waals surface area contributed by atoms with E-state index in [9.17, 15) is 4.79 Å². The average molecular weight is 146 g/mol. The summed E-state index contributed by atoms with van der Waals surface area (Å²) in [6.07, 6.45) is -1.38. The van der Waals surface area contributed by atoms with Gasteiger partial charge in [0.1, 0.15) is 11.9 Å². The molecular weight excluding hydrogens is 136 g/mol. The predicted molar refractivity (Wildman–Crippen MR) is 34.6 cm³/mol. The molecule has 0 saturated carbocycles. The normalized spacial score (nSPS) is 15.8. The zero-order valence-electron chi connectivity index (χ0n) is 5.61. The van der Waals surface area contributed by atoms with Crippen LogP contribution >= 0.6 is 0 Å². The molecule has 4 nitrogen and oxygen atoms in total. The summed E-state index contributed by atoms with van der Waals surface area (Å²) in [4.78, 5) is 10.1. The number of carbonyl (C=O) groups is 1. The topological polar surface area (TPSA) is 77.8 Å². The molecule has 0 fully saturated rings. The summed E-state index contributed by atoms with van der Waals surface area (Å²) in [6.45, 7) is 4.29. The highest BCUT2D eigenvalue weighted by Crippen LogP contribution is 2.07. The van der Waals surface area contributed by atoms with Gasteiger partial charge in [0.2, 0.25) is 0 Å². The first kappa shape index (κ1) is 8.97. The van der Waals surface area contributed by atoms with Gasteiger partial charge in [-0.2, -0.15) is 0 Å². The van der Waals surface area contributed by atoms with Crippen LogP contribution in [0.3, 0.4) is 0 Å². The van der Waals surface area contributed by atoms with Gasteiger partial charge in [-0.15, -0.1) is 0 Å². The van der Waals surface area contributed by atoms with Crippen LogP contribution in [-0.2, 0) is 4.79 Å². The second kappa shape index (κ2) is 3.22. The minimum absolute atomic E-state index is 0.519. The van der Waals surface area contributed by atoms with Crippen molar-refractivity contribution in [3.8, 4) is 0 Å². The van der Waals surface area contributed by atoms with E-state index in [0.29, 0.717) is 0 Å². The number of aliphatic carboxylic acids is 1. The lowest BCUT2D eigenvalue weighted by Crippen LogP contribution is -2.26. The fourth-order valence-corrected chi connectivity index (χ4v) is 0.424. The summed E-state index contributed by atoms with van der Waals surface area (Å²) in [5, 5.41) is 25.7. The van der Waals surface area contributed by atoms with Crippen LogP contribution in [0.25, 0.3) is 0 Å². The van der Waals surface area contributed by atoms with Crippen LogP contribution < -0.4 is 0 Å². The van der Waals surface area contributed by atoms with Crippen LogP contribution in [0.5, 0.6) is 0 Å². The van der Waals surface area contributed by atoms with E-state index in [1.54, 1.807) is 0 Å². The van der Waals surface area contributed by atoms with Crippen LogP contribution in [0, 0.1) is 5.92 Å². The van der Waals surface area contributed by atoms with E-state index in [1.165, 1.54) is 6.92 Å². The molecule has 0 radical (unpaired) electrons. The highest BCUT2D eigenvalue weighted by atomic mass is 16.4. The number of carboxylic acid groups (broad SMARTS) is 1. The van der Waals surface area contributed by atoms with E-state index in [-0.39, 0.29) is 0 Å². The lowest BCUT2D eigenvalue weighted by Gasteiger charge is -2.12. The zero-order chi connectivity index (χ0) is 8.31. The van der Waals surface area contributed by atoms with Crippen LogP contribution in [0.2, 0.25) is 0 Å². The molecule has 0 aromatic rings. The second-order valence-corrected chi connectivity index (χ2v) is 2.06. The largest absolute Gasteiger partial charge is 0.510 e. The molecule has 0 amide bonds. The van der Waals surface area contributed by atoms with Crippen molar-refractivity contribution in [2.75, 3.05) is 0 Å².